The smallest absolute Gasteiger partial charge is 0.223 e. The standard InChI is InChI=1S/C17H24N4O2/c1-11-10-23-12(2)9-20(11)17(22)6-5-15-13(3)19-16-7-8-18-21(16)14(15)4/h7-8,11-12H,5-6,9-10H2,1-4H3/t11-,12+/m0/s1. The molecule has 124 valence electrons. The second kappa shape index (κ2) is 6.28. The summed E-state index contributed by atoms with van der Waals surface area (Å²) in [5.41, 5.74) is 4.01. The molecule has 0 saturated carbocycles. The monoisotopic (exact) mass is 316 g/mol. The number of rotatable bonds is 3. The highest BCUT2D eigenvalue weighted by molar-refractivity contribution is 5.77. The van der Waals surface area contributed by atoms with Gasteiger partial charge in [0.05, 0.1) is 24.9 Å². The number of amides is 1. The van der Waals surface area contributed by atoms with Crippen molar-refractivity contribution in [2.75, 3.05) is 13.2 Å². The first kappa shape index (κ1) is 15.9. The Morgan fingerprint density at radius 1 is 1.39 bits per heavy atom. The number of aryl methyl sites for hydroxylation is 2. The number of carbonyl (C=O) groups excluding carboxylic acids is 1. The molecular formula is C17H24N4O2. The quantitative estimate of drug-likeness (QED) is 0.868. The van der Waals surface area contributed by atoms with E-state index in [4.69, 9.17) is 4.74 Å². The summed E-state index contributed by atoms with van der Waals surface area (Å²) in [5.74, 6) is 0.187. The van der Waals surface area contributed by atoms with Crippen LogP contribution in [0.1, 0.15) is 37.2 Å². The number of hydrogen-bond donors (Lipinski definition) is 0. The summed E-state index contributed by atoms with van der Waals surface area (Å²) in [6, 6.07) is 2.04. The van der Waals surface area contributed by atoms with Crippen LogP contribution < -0.4 is 0 Å². The van der Waals surface area contributed by atoms with Crippen LogP contribution in [0, 0.1) is 13.8 Å². The molecule has 1 fully saturated rings. The largest absolute Gasteiger partial charge is 0.375 e. The summed E-state index contributed by atoms with van der Waals surface area (Å²) in [4.78, 5) is 19.1. The van der Waals surface area contributed by atoms with Crippen LogP contribution in [0.15, 0.2) is 12.3 Å². The normalized spacial score (nSPS) is 21.8. The molecule has 1 saturated heterocycles. The van der Waals surface area contributed by atoms with Gasteiger partial charge in [0, 0.05) is 30.4 Å². The van der Waals surface area contributed by atoms with E-state index in [9.17, 15) is 4.79 Å². The topological polar surface area (TPSA) is 59.7 Å². The van der Waals surface area contributed by atoms with E-state index in [0.29, 0.717) is 26.0 Å². The second-order valence-electron chi connectivity index (χ2n) is 6.40. The van der Waals surface area contributed by atoms with Crippen molar-refractivity contribution in [3.8, 4) is 0 Å². The molecule has 23 heavy (non-hydrogen) atoms. The van der Waals surface area contributed by atoms with Gasteiger partial charge in [0.25, 0.3) is 0 Å². The van der Waals surface area contributed by atoms with Gasteiger partial charge in [-0.05, 0) is 39.7 Å². The third-order valence-electron chi connectivity index (χ3n) is 4.61. The van der Waals surface area contributed by atoms with Gasteiger partial charge in [-0.3, -0.25) is 4.79 Å². The Kier molecular flexibility index (Phi) is 4.35. The SMILES string of the molecule is Cc1nc2ccnn2c(C)c1CCC(=O)N1C[C@@H](C)OC[C@@H]1C. The summed E-state index contributed by atoms with van der Waals surface area (Å²) in [6.07, 6.45) is 3.05. The Hall–Kier alpha value is -1.95. The fraction of sp³-hybridized carbons (Fsp3) is 0.588. The molecule has 6 nitrogen and oxygen atoms in total. The van der Waals surface area contributed by atoms with Gasteiger partial charge in [0.1, 0.15) is 0 Å². The first-order valence-corrected chi connectivity index (χ1v) is 8.18. The Balaban J connectivity index is 1.74. The van der Waals surface area contributed by atoms with Gasteiger partial charge >= 0.3 is 0 Å². The fourth-order valence-corrected chi connectivity index (χ4v) is 3.26. The third-order valence-corrected chi connectivity index (χ3v) is 4.61. The van der Waals surface area contributed by atoms with Crippen LogP contribution in [0.5, 0.6) is 0 Å². The summed E-state index contributed by atoms with van der Waals surface area (Å²) >= 11 is 0. The van der Waals surface area contributed by atoms with E-state index in [-0.39, 0.29) is 18.1 Å². The zero-order chi connectivity index (χ0) is 16.6. The van der Waals surface area contributed by atoms with Gasteiger partial charge in [-0.2, -0.15) is 5.10 Å². The number of nitrogens with zero attached hydrogens (tertiary/aromatic N) is 4. The van der Waals surface area contributed by atoms with E-state index in [0.717, 1.165) is 22.6 Å². The number of aromatic nitrogens is 3. The summed E-state index contributed by atoms with van der Waals surface area (Å²) in [6.45, 7) is 9.38. The molecule has 0 spiro atoms. The molecule has 0 N–H and O–H groups in total. The average Bonchev–Trinajstić information content (AvgIpc) is 2.97. The molecule has 0 radical (unpaired) electrons. The van der Waals surface area contributed by atoms with Crippen LogP contribution in [0.4, 0.5) is 0 Å². The molecule has 2 aromatic rings. The highest BCUT2D eigenvalue weighted by Crippen LogP contribution is 2.18. The van der Waals surface area contributed by atoms with Crippen molar-refractivity contribution in [3.63, 3.8) is 0 Å². The van der Waals surface area contributed by atoms with Crippen LogP contribution in [0.2, 0.25) is 0 Å². The van der Waals surface area contributed by atoms with Gasteiger partial charge in [0.15, 0.2) is 5.65 Å². The Labute approximate surface area is 136 Å². The predicted molar refractivity (Wildman–Crippen MR) is 87.4 cm³/mol. The lowest BCUT2D eigenvalue weighted by atomic mass is 10.1. The molecule has 0 aliphatic carbocycles. The third kappa shape index (κ3) is 3.08. The maximum atomic E-state index is 12.6. The second-order valence-corrected chi connectivity index (χ2v) is 6.40. The number of carbonyl (C=O) groups is 1. The number of ether oxygens (including phenoxy) is 1. The Morgan fingerprint density at radius 3 is 2.96 bits per heavy atom. The van der Waals surface area contributed by atoms with Gasteiger partial charge in [0.2, 0.25) is 5.91 Å². The van der Waals surface area contributed by atoms with Gasteiger partial charge in [-0.1, -0.05) is 0 Å². The van der Waals surface area contributed by atoms with E-state index in [1.165, 1.54) is 0 Å². The summed E-state index contributed by atoms with van der Waals surface area (Å²) in [5, 5.41) is 4.30. The molecule has 1 aliphatic rings. The van der Waals surface area contributed by atoms with E-state index < -0.39 is 0 Å². The van der Waals surface area contributed by atoms with E-state index in [2.05, 4.69) is 10.1 Å². The maximum Gasteiger partial charge on any atom is 0.223 e. The summed E-state index contributed by atoms with van der Waals surface area (Å²) < 4.78 is 7.43. The minimum atomic E-state index is 0.112. The molecule has 2 aromatic heterocycles. The predicted octanol–water partition coefficient (Wildman–Crippen LogP) is 1.91. The van der Waals surface area contributed by atoms with Crippen LogP contribution in [0.3, 0.4) is 0 Å². The first-order valence-electron chi connectivity index (χ1n) is 8.18. The van der Waals surface area contributed by atoms with Gasteiger partial charge in [-0.25, -0.2) is 9.50 Å². The van der Waals surface area contributed by atoms with Crippen molar-refractivity contribution in [1.82, 2.24) is 19.5 Å². The number of hydrogen-bond acceptors (Lipinski definition) is 4. The molecule has 3 rings (SSSR count). The lowest BCUT2D eigenvalue weighted by Gasteiger charge is -2.37. The van der Waals surface area contributed by atoms with Crippen LogP contribution in [0.25, 0.3) is 5.65 Å². The molecule has 2 atom stereocenters. The van der Waals surface area contributed by atoms with E-state index in [1.54, 1.807) is 6.20 Å². The zero-order valence-electron chi connectivity index (χ0n) is 14.2. The zero-order valence-corrected chi connectivity index (χ0v) is 14.2. The van der Waals surface area contributed by atoms with Crippen molar-refractivity contribution in [2.24, 2.45) is 0 Å². The van der Waals surface area contributed by atoms with Crippen LogP contribution >= 0.6 is 0 Å². The van der Waals surface area contributed by atoms with E-state index in [1.807, 2.05) is 43.2 Å². The first-order chi connectivity index (χ1) is 11.0. The highest BCUT2D eigenvalue weighted by Gasteiger charge is 2.27. The lowest BCUT2D eigenvalue weighted by molar-refractivity contribution is -0.143. The van der Waals surface area contributed by atoms with Crippen molar-refractivity contribution < 1.29 is 9.53 Å². The van der Waals surface area contributed by atoms with Gasteiger partial charge in [-0.15, -0.1) is 0 Å². The van der Waals surface area contributed by atoms with E-state index >= 15 is 0 Å². The molecule has 3 heterocycles. The minimum absolute atomic E-state index is 0.112. The van der Waals surface area contributed by atoms with Crippen molar-refractivity contribution in [2.45, 2.75) is 52.7 Å². The van der Waals surface area contributed by atoms with Crippen LogP contribution in [-0.2, 0) is 16.0 Å². The summed E-state index contributed by atoms with van der Waals surface area (Å²) in [7, 11) is 0. The number of morpholine rings is 1. The lowest BCUT2D eigenvalue weighted by Crippen LogP contribution is -2.50. The van der Waals surface area contributed by atoms with Crippen molar-refractivity contribution in [1.29, 1.82) is 0 Å². The average molecular weight is 316 g/mol. The van der Waals surface area contributed by atoms with Crippen LogP contribution in [-0.4, -0.2) is 50.7 Å². The van der Waals surface area contributed by atoms with Gasteiger partial charge < -0.3 is 9.64 Å². The van der Waals surface area contributed by atoms with Crippen molar-refractivity contribution in [3.05, 3.63) is 29.2 Å². The highest BCUT2D eigenvalue weighted by atomic mass is 16.5. The molecule has 0 unspecified atom stereocenters. The number of fused-ring (bicyclic) bond motifs is 1. The molecule has 1 amide bonds. The molecule has 6 heteroatoms. The molecule has 1 aliphatic heterocycles. The fourth-order valence-electron chi connectivity index (χ4n) is 3.26. The molecule has 0 aromatic carbocycles. The Morgan fingerprint density at radius 2 is 2.17 bits per heavy atom. The molecule has 0 bridgehead atoms. The molecular weight excluding hydrogens is 292 g/mol. The van der Waals surface area contributed by atoms with Crippen molar-refractivity contribution >= 4 is 11.6 Å². The minimum Gasteiger partial charge on any atom is -0.375 e. The Bertz CT molecular complexity index is 725. The maximum absolute atomic E-state index is 12.6.